The number of nitrogens with zero attached hydrogens (tertiary/aromatic N) is 2. The topological polar surface area (TPSA) is 61.9 Å². The summed E-state index contributed by atoms with van der Waals surface area (Å²) in [4.78, 5) is 29.1. The van der Waals surface area contributed by atoms with Crippen molar-refractivity contribution >= 4 is 40.6 Å². The number of hydrogen-bond donors (Lipinski definition) is 1. The molecule has 2 aliphatic rings. The van der Waals surface area contributed by atoms with Gasteiger partial charge in [0, 0.05) is 17.8 Å². The molecule has 0 spiro atoms. The van der Waals surface area contributed by atoms with Gasteiger partial charge in [0.1, 0.15) is 6.10 Å². The number of nitrogens with one attached hydrogen (secondary N) is 1. The van der Waals surface area contributed by atoms with Crippen molar-refractivity contribution < 1.29 is 14.3 Å². The van der Waals surface area contributed by atoms with Gasteiger partial charge in [0.2, 0.25) is 0 Å². The monoisotopic (exact) mass is 433 g/mol. The van der Waals surface area contributed by atoms with E-state index in [1.807, 2.05) is 6.07 Å². The summed E-state index contributed by atoms with van der Waals surface area (Å²) < 4.78 is 6.03. The van der Waals surface area contributed by atoms with E-state index in [4.69, 9.17) is 16.3 Å². The number of carbonyl (C=O) groups excluding carboxylic acids is 2. The van der Waals surface area contributed by atoms with E-state index >= 15 is 0 Å². The van der Waals surface area contributed by atoms with Crippen LogP contribution in [0.2, 0.25) is 4.34 Å². The Hall–Kier alpha value is -2.09. The van der Waals surface area contributed by atoms with Crippen molar-refractivity contribution in [1.29, 1.82) is 0 Å². The Kier molecular flexibility index (Phi) is 5.31. The van der Waals surface area contributed by atoms with Crippen LogP contribution in [-0.2, 0) is 16.7 Å². The molecule has 0 aliphatic carbocycles. The number of ether oxygens (including phenoxy) is 1. The SMILES string of the molecule is CN1CCc2cc(N3CC(CNC(=O)c4ccc(Cl)s4)OC3=O)ccc2C1(C)C. The van der Waals surface area contributed by atoms with E-state index in [0.717, 1.165) is 18.7 Å². The number of anilines is 1. The van der Waals surface area contributed by atoms with Gasteiger partial charge in [-0.15, -0.1) is 11.3 Å². The largest absolute Gasteiger partial charge is 0.442 e. The van der Waals surface area contributed by atoms with E-state index in [1.54, 1.807) is 17.0 Å². The van der Waals surface area contributed by atoms with Crippen LogP contribution in [0, 0.1) is 0 Å². The third-order valence-corrected chi connectivity index (χ3v) is 7.12. The second-order valence-corrected chi connectivity index (χ2v) is 9.72. The van der Waals surface area contributed by atoms with Crippen LogP contribution in [0.25, 0.3) is 0 Å². The van der Waals surface area contributed by atoms with Crippen molar-refractivity contribution in [2.45, 2.75) is 31.9 Å². The first-order valence-corrected chi connectivity index (χ1v) is 10.8. The fraction of sp³-hybridized carbons (Fsp3) is 0.429. The first-order valence-electron chi connectivity index (χ1n) is 9.62. The molecule has 1 atom stereocenters. The predicted octanol–water partition coefficient (Wildman–Crippen LogP) is 3.88. The molecule has 2 amide bonds. The number of amides is 2. The van der Waals surface area contributed by atoms with Gasteiger partial charge in [0.15, 0.2) is 0 Å². The highest BCUT2D eigenvalue weighted by atomic mass is 35.5. The first kappa shape index (κ1) is 20.2. The Balaban J connectivity index is 1.43. The third-order valence-electron chi connectivity index (χ3n) is 5.89. The molecule has 1 fully saturated rings. The summed E-state index contributed by atoms with van der Waals surface area (Å²) in [6.45, 7) is 6.09. The summed E-state index contributed by atoms with van der Waals surface area (Å²) in [5.74, 6) is -0.212. The maximum Gasteiger partial charge on any atom is 0.414 e. The first-order chi connectivity index (χ1) is 13.8. The summed E-state index contributed by atoms with van der Waals surface area (Å²) in [6.07, 6.45) is 0.186. The number of thiophene rings is 1. The molecule has 0 saturated carbocycles. The van der Waals surface area contributed by atoms with Crippen LogP contribution in [0.1, 0.15) is 34.6 Å². The quantitative estimate of drug-likeness (QED) is 0.794. The highest BCUT2D eigenvalue weighted by Crippen LogP contribution is 2.36. The fourth-order valence-electron chi connectivity index (χ4n) is 3.89. The van der Waals surface area contributed by atoms with E-state index in [2.05, 4.69) is 43.2 Å². The highest BCUT2D eigenvalue weighted by Gasteiger charge is 2.35. The van der Waals surface area contributed by atoms with Gasteiger partial charge >= 0.3 is 6.09 Å². The fourth-order valence-corrected chi connectivity index (χ4v) is 4.85. The zero-order chi connectivity index (χ0) is 20.8. The van der Waals surface area contributed by atoms with Gasteiger partial charge in [0.25, 0.3) is 5.91 Å². The minimum atomic E-state index is -0.388. The summed E-state index contributed by atoms with van der Waals surface area (Å²) in [7, 11) is 2.14. The van der Waals surface area contributed by atoms with Crippen LogP contribution in [-0.4, -0.2) is 49.7 Å². The molecule has 4 rings (SSSR count). The van der Waals surface area contributed by atoms with Crippen LogP contribution < -0.4 is 10.2 Å². The van der Waals surface area contributed by atoms with Crippen molar-refractivity contribution in [2.75, 3.05) is 31.6 Å². The normalized spacial score (nSPS) is 21.0. The van der Waals surface area contributed by atoms with E-state index in [0.29, 0.717) is 15.8 Å². The van der Waals surface area contributed by atoms with E-state index in [9.17, 15) is 9.59 Å². The van der Waals surface area contributed by atoms with Gasteiger partial charge in [-0.05, 0) is 62.7 Å². The molecule has 2 aliphatic heterocycles. The summed E-state index contributed by atoms with van der Waals surface area (Å²) in [5, 5.41) is 2.82. The molecular formula is C21H24ClN3O3S. The molecule has 2 aromatic rings. The average Bonchev–Trinajstić information content (AvgIpc) is 3.28. The molecule has 154 valence electrons. The number of rotatable bonds is 4. The smallest absolute Gasteiger partial charge is 0.414 e. The molecule has 1 saturated heterocycles. The standard InChI is InChI=1S/C21H24ClN3O3S/c1-21(2)16-5-4-14(10-13(16)8-9-24(21)3)25-12-15(28-20(25)27)11-23-19(26)17-6-7-18(22)29-17/h4-7,10,15H,8-9,11-12H2,1-3H3,(H,23,26). The Labute approximate surface area is 179 Å². The van der Waals surface area contributed by atoms with E-state index in [1.165, 1.54) is 22.5 Å². The lowest BCUT2D eigenvalue weighted by molar-refractivity contribution is 0.0920. The molecule has 1 N–H and O–H groups in total. The number of likely N-dealkylation sites (N-methyl/N-ethyl adjacent to an activating group) is 1. The Morgan fingerprint density at radius 3 is 2.86 bits per heavy atom. The van der Waals surface area contributed by atoms with Crippen LogP contribution in [0.15, 0.2) is 30.3 Å². The zero-order valence-corrected chi connectivity index (χ0v) is 18.3. The lowest BCUT2D eigenvalue weighted by Crippen LogP contribution is -2.44. The van der Waals surface area contributed by atoms with E-state index in [-0.39, 0.29) is 30.2 Å². The van der Waals surface area contributed by atoms with Crippen LogP contribution in [0.3, 0.4) is 0 Å². The second-order valence-electron chi connectivity index (χ2n) is 8.00. The van der Waals surface area contributed by atoms with Crippen LogP contribution in [0.5, 0.6) is 0 Å². The number of fused-ring (bicyclic) bond motifs is 1. The molecule has 6 nitrogen and oxygen atoms in total. The predicted molar refractivity (Wildman–Crippen MR) is 115 cm³/mol. The lowest BCUT2D eigenvalue weighted by Gasteiger charge is -2.42. The van der Waals surface area contributed by atoms with Crippen LogP contribution in [0.4, 0.5) is 10.5 Å². The van der Waals surface area contributed by atoms with Gasteiger partial charge in [-0.3, -0.25) is 14.6 Å². The Morgan fingerprint density at radius 2 is 2.14 bits per heavy atom. The highest BCUT2D eigenvalue weighted by molar-refractivity contribution is 7.17. The number of halogens is 1. The van der Waals surface area contributed by atoms with Crippen molar-refractivity contribution in [3.8, 4) is 0 Å². The summed E-state index contributed by atoms with van der Waals surface area (Å²) >= 11 is 7.09. The maximum absolute atomic E-state index is 12.4. The number of hydrogen-bond acceptors (Lipinski definition) is 5. The number of benzene rings is 1. The molecule has 1 unspecified atom stereocenters. The van der Waals surface area contributed by atoms with Gasteiger partial charge in [-0.25, -0.2) is 4.79 Å². The van der Waals surface area contributed by atoms with Gasteiger partial charge in [-0.1, -0.05) is 17.7 Å². The molecule has 29 heavy (non-hydrogen) atoms. The molecule has 1 aromatic carbocycles. The van der Waals surface area contributed by atoms with Crippen molar-refractivity contribution in [2.24, 2.45) is 0 Å². The number of cyclic esters (lactones) is 1. The average molecular weight is 434 g/mol. The van der Waals surface area contributed by atoms with Gasteiger partial charge < -0.3 is 10.1 Å². The minimum Gasteiger partial charge on any atom is -0.442 e. The lowest BCUT2D eigenvalue weighted by atomic mass is 9.83. The molecular weight excluding hydrogens is 410 g/mol. The second kappa shape index (κ2) is 7.63. The van der Waals surface area contributed by atoms with E-state index < -0.39 is 0 Å². The minimum absolute atomic E-state index is 0.0326. The van der Waals surface area contributed by atoms with Crippen molar-refractivity contribution in [1.82, 2.24) is 10.2 Å². The zero-order valence-electron chi connectivity index (χ0n) is 16.7. The van der Waals surface area contributed by atoms with Gasteiger partial charge in [0.05, 0.1) is 22.3 Å². The molecule has 0 radical (unpaired) electrons. The molecule has 3 heterocycles. The summed E-state index contributed by atoms with van der Waals surface area (Å²) in [6, 6.07) is 9.56. The maximum atomic E-state index is 12.4. The molecule has 0 bridgehead atoms. The van der Waals surface area contributed by atoms with Crippen molar-refractivity contribution in [3.05, 3.63) is 50.7 Å². The van der Waals surface area contributed by atoms with Crippen molar-refractivity contribution in [3.63, 3.8) is 0 Å². The Morgan fingerprint density at radius 1 is 1.34 bits per heavy atom. The molecule has 1 aromatic heterocycles. The van der Waals surface area contributed by atoms with Gasteiger partial charge in [-0.2, -0.15) is 0 Å². The third kappa shape index (κ3) is 3.86. The number of carbonyl (C=O) groups is 2. The summed E-state index contributed by atoms with van der Waals surface area (Å²) in [5.41, 5.74) is 3.37. The van der Waals surface area contributed by atoms with Crippen LogP contribution >= 0.6 is 22.9 Å². The molecule has 8 heteroatoms. The Bertz CT molecular complexity index is 958.